The summed E-state index contributed by atoms with van der Waals surface area (Å²) in [6, 6.07) is 9.88. The van der Waals surface area contributed by atoms with Crippen molar-refractivity contribution in [1.29, 1.82) is 0 Å². The molecule has 0 atom stereocenters. The van der Waals surface area contributed by atoms with E-state index in [9.17, 15) is 4.39 Å². The van der Waals surface area contributed by atoms with E-state index in [-0.39, 0.29) is 5.82 Å². The second-order valence-electron chi connectivity index (χ2n) is 4.10. The van der Waals surface area contributed by atoms with Gasteiger partial charge in [0.05, 0.1) is 0 Å². The number of halogens is 1. The minimum atomic E-state index is -0.286. The van der Waals surface area contributed by atoms with Gasteiger partial charge in [0.2, 0.25) is 5.82 Å². The molecule has 0 aliphatic rings. The molecule has 0 spiro atoms. The number of hydrogen-bond acceptors (Lipinski definition) is 4. The van der Waals surface area contributed by atoms with E-state index in [0.29, 0.717) is 17.4 Å². The molecule has 0 N–H and O–H groups in total. The van der Waals surface area contributed by atoms with Crippen LogP contribution in [-0.2, 0) is 0 Å². The Bertz CT molecular complexity index is 710. The Hall–Kier alpha value is -2.56. The lowest BCUT2D eigenvalue weighted by molar-refractivity contribution is 0.432. The predicted octanol–water partition coefficient (Wildman–Crippen LogP) is 3.25. The van der Waals surface area contributed by atoms with Crippen molar-refractivity contribution in [2.45, 2.75) is 6.92 Å². The number of rotatable bonds is 2. The van der Waals surface area contributed by atoms with Gasteiger partial charge in [-0.2, -0.15) is 4.98 Å². The molecule has 0 saturated carbocycles. The van der Waals surface area contributed by atoms with Crippen molar-refractivity contribution in [1.82, 2.24) is 15.1 Å². The van der Waals surface area contributed by atoms with E-state index in [1.165, 1.54) is 12.1 Å². The summed E-state index contributed by atoms with van der Waals surface area (Å²) in [5.74, 6) is 0.489. The molecule has 0 radical (unpaired) electrons. The fraction of sp³-hybridized carbons (Fsp3) is 0.0714. The summed E-state index contributed by atoms with van der Waals surface area (Å²) in [4.78, 5) is 8.43. The Morgan fingerprint density at radius 1 is 1.16 bits per heavy atom. The first-order valence-corrected chi connectivity index (χ1v) is 5.76. The van der Waals surface area contributed by atoms with Gasteiger partial charge in [0.1, 0.15) is 11.5 Å². The van der Waals surface area contributed by atoms with Gasteiger partial charge in [-0.25, -0.2) is 4.39 Å². The Labute approximate surface area is 108 Å². The van der Waals surface area contributed by atoms with E-state index < -0.39 is 0 Å². The summed E-state index contributed by atoms with van der Waals surface area (Å²) in [6.07, 6.45) is 1.66. The maximum Gasteiger partial charge on any atom is 0.258 e. The first-order valence-electron chi connectivity index (χ1n) is 5.76. The van der Waals surface area contributed by atoms with Crippen molar-refractivity contribution in [2.24, 2.45) is 0 Å². The van der Waals surface area contributed by atoms with Crippen LogP contribution in [0.3, 0.4) is 0 Å². The largest absolute Gasteiger partial charge is 0.334 e. The Kier molecular flexibility index (Phi) is 2.79. The lowest BCUT2D eigenvalue weighted by Gasteiger charge is -1.99. The van der Waals surface area contributed by atoms with Gasteiger partial charge in [-0.1, -0.05) is 11.2 Å². The molecular formula is C14H10FN3O. The van der Waals surface area contributed by atoms with Crippen molar-refractivity contribution in [3.05, 3.63) is 54.0 Å². The molecule has 5 heteroatoms. The minimum Gasteiger partial charge on any atom is -0.334 e. The van der Waals surface area contributed by atoms with Crippen molar-refractivity contribution >= 4 is 0 Å². The molecule has 3 aromatic rings. The fourth-order valence-electron chi connectivity index (χ4n) is 1.80. The van der Waals surface area contributed by atoms with Crippen molar-refractivity contribution in [2.75, 3.05) is 0 Å². The van der Waals surface area contributed by atoms with E-state index in [0.717, 1.165) is 11.1 Å². The van der Waals surface area contributed by atoms with E-state index >= 15 is 0 Å². The minimum absolute atomic E-state index is 0.286. The molecule has 2 aromatic heterocycles. The van der Waals surface area contributed by atoms with Crippen molar-refractivity contribution < 1.29 is 8.91 Å². The van der Waals surface area contributed by atoms with Gasteiger partial charge < -0.3 is 4.52 Å². The van der Waals surface area contributed by atoms with Crippen LogP contribution in [0, 0.1) is 12.7 Å². The number of benzene rings is 1. The van der Waals surface area contributed by atoms with Gasteiger partial charge in [-0.15, -0.1) is 0 Å². The SMILES string of the molecule is Cc1cc(F)ccc1-c1nc(-c2ccccn2)no1. The van der Waals surface area contributed by atoms with Gasteiger partial charge >= 0.3 is 0 Å². The molecule has 0 bridgehead atoms. The van der Waals surface area contributed by atoms with Crippen LogP contribution in [0.5, 0.6) is 0 Å². The maximum atomic E-state index is 13.1. The molecule has 2 heterocycles. The summed E-state index contributed by atoms with van der Waals surface area (Å²) in [6.45, 7) is 1.79. The zero-order valence-corrected chi connectivity index (χ0v) is 10.2. The van der Waals surface area contributed by atoms with Gasteiger partial charge in [0.25, 0.3) is 5.89 Å². The van der Waals surface area contributed by atoms with Crippen molar-refractivity contribution in [3.8, 4) is 23.0 Å². The highest BCUT2D eigenvalue weighted by atomic mass is 19.1. The van der Waals surface area contributed by atoms with Crippen LogP contribution in [-0.4, -0.2) is 15.1 Å². The van der Waals surface area contributed by atoms with E-state index in [4.69, 9.17) is 4.52 Å². The molecule has 0 saturated heterocycles. The second-order valence-corrected chi connectivity index (χ2v) is 4.10. The van der Waals surface area contributed by atoms with Gasteiger partial charge in [0.15, 0.2) is 0 Å². The third-order valence-corrected chi connectivity index (χ3v) is 2.74. The Balaban J connectivity index is 2.02. The number of aromatic nitrogens is 3. The summed E-state index contributed by atoms with van der Waals surface area (Å²) in [5.41, 5.74) is 2.10. The van der Waals surface area contributed by atoms with Crippen LogP contribution >= 0.6 is 0 Å². The summed E-state index contributed by atoms with van der Waals surface area (Å²) < 4.78 is 18.3. The number of aryl methyl sites for hydroxylation is 1. The Morgan fingerprint density at radius 3 is 2.79 bits per heavy atom. The average molecular weight is 255 g/mol. The number of hydrogen-bond donors (Lipinski definition) is 0. The fourth-order valence-corrected chi connectivity index (χ4v) is 1.80. The van der Waals surface area contributed by atoms with Gasteiger partial charge in [-0.3, -0.25) is 4.98 Å². The molecule has 1 aromatic carbocycles. The van der Waals surface area contributed by atoms with Crippen LogP contribution < -0.4 is 0 Å². The third-order valence-electron chi connectivity index (χ3n) is 2.74. The summed E-state index contributed by atoms with van der Waals surface area (Å²) >= 11 is 0. The average Bonchev–Trinajstić information content (AvgIpc) is 2.89. The smallest absolute Gasteiger partial charge is 0.258 e. The molecule has 0 aliphatic carbocycles. The Morgan fingerprint density at radius 2 is 2.05 bits per heavy atom. The molecule has 94 valence electrons. The lowest BCUT2D eigenvalue weighted by atomic mass is 10.1. The third kappa shape index (κ3) is 2.22. The standard InChI is InChI=1S/C14H10FN3O/c1-9-8-10(15)5-6-11(9)14-17-13(18-19-14)12-4-2-3-7-16-12/h2-8H,1H3. The van der Waals surface area contributed by atoms with Crippen LogP contribution in [0.4, 0.5) is 4.39 Å². The van der Waals surface area contributed by atoms with E-state index in [1.54, 1.807) is 25.3 Å². The summed E-state index contributed by atoms with van der Waals surface area (Å²) in [5, 5.41) is 3.88. The zero-order valence-electron chi connectivity index (χ0n) is 10.2. The lowest BCUT2D eigenvalue weighted by Crippen LogP contribution is -1.86. The topological polar surface area (TPSA) is 51.8 Å². The van der Waals surface area contributed by atoms with Crippen LogP contribution in [0.15, 0.2) is 47.1 Å². The van der Waals surface area contributed by atoms with Crippen LogP contribution in [0.1, 0.15) is 5.56 Å². The monoisotopic (exact) mass is 255 g/mol. The van der Waals surface area contributed by atoms with Gasteiger partial charge in [-0.05, 0) is 42.8 Å². The van der Waals surface area contributed by atoms with Crippen molar-refractivity contribution in [3.63, 3.8) is 0 Å². The second kappa shape index (κ2) is 4.61. The summed E-state index contributed by atoms with van der Waals surface area (Å²) in [7, 11) is 0. The first-order chi connectivity index (χ1) is 9.24. The normalized spacial score (nSPS) is 10.6. The van der Waals surface area contributed by atoms with E-state index in [1.807, 2.05) is 12.1 Å². The molecule has 0 unspecified atom stereocenters. The molecule has 0 aliphatic heterocycles. The molecule has 0 fully saturated rings. The van der Waals surface area contributed by atoms with Crippen LogP contribution in [0.25, 0.3) is 23.0 Å². The van der Waals surface area contributed by atoms with E-state index in [2.05, 4.69) is 15.1 Å². The first kappa shape index (κ1) is 11.5. The molecule has 4 nitrogen and oxygen atoms in total. The quantitative estimate of drug-likeness (QED) is 0.705. The highest BCUT2D eigenvalue weighted by Gasteiger charge is 2.13. The maximum absolute atomic E-state index is 13.1. The van der Waals surface area contributed by atoms with Gasteiger partial charge in [0, 0.05) is 11.8 Å². The predicted molar refractivity (Wildman–Crippen MR) is 67.7 cm³/mol. The highest BCUT2D eigenvalue weighted by Crippen LogP contribution is 2.24. The number of nitrogens with zero attached hydrogens (tertiary/aromatic N) is 3. The zero-order chi connectivity index (χ0) is 13.2. The molecule has 0 amide bonds. The molecule has 19 heavy (non-hydrogen) atoms. The molecule has 3 rings (SSSR count). The highest BCUT2D eigenvalue weighted by molar-refractivity contribution is 5.60. The number of pyridine rings is 1. The van der Waals surface area contributed by atoms with Crippen LogP contribution in [0.2, 0.25) is 0 Å². The molecular weight excluding hydrogens is 245 g/mol.